The molecule has 8 nitrogen and oxygen atoms in total. The average molecular weight is 844 g/mol. The number of rotatable bonds is 8. The van der Waals surface area contributed by atoms with E-state index in [-0.39, 0.29) is 65.6 Å². The molecular weight excluding hydrogens is 828 g/mol. The molecule has 0 N–H and O–H groups in total. The van der Waals surface area contributed by atoms with Crippen LogP contribution in [-0.4, -0.2) is 71.0 Å². The van der Waals surface area contributed by atoms with E-state index in [1.165, 1.54) is 0 Å². The fourth-order valence-electron chi connectivity index (χ4n) is 1.07. The third-order valence-electron chi connectivity index (χ3n) is 2.45. The summed E-state index contributed by atoms with van der Waals surface area (Å²) in [6.07, 6.45) is -19.6. The molecule has 0 unspecified atom stereocenters. The number of hydrogen-bond donors (Lipinski definition) is 0. The molecule has 0 aliphatic rings. The number of halogens is 12. The van der Waals surface area contributed by atoms with Crippen LogP contribution in [0.2, 0.25) is 0 Å². The summed E-state index contributed by atoms with van der Waals surface area (Å²) in [4.78, 5) is 79.2. The predicted molar refractivity (Wildman–Crippen MR) is 104 cm³/mol. The van der Waals surface area contributed by atoms with Crippen molar-refractivity contribution in [3.8, 4) is 0 Å². The van der Waals surface area contributed by atoms with E-state index in [1.807, 2.05) is 0 Å². The molecule has 0 atom stereocenters. The van der Waals surface area contributed by atoms with Gasteiger partial charge in [-0.1, -0.05) is 0 Å². The summed E-state index contributed by atoms with van der Waals surface area (Å²) in [7, 11) is 0. The first-order chi connectivity index (χ1) is 17.3. The van der Waals surface area contributed by atoms with Gasteiger partial charge in [0.1, 0.15) is 23.1 Å². The second-order valence-electron chi connectivity index (χ2n) is 6.47. The van der Waals surface area contributed by atoms with Crippen LogP contribution in [0, 0.1) is 65.6 Å². The third kappa shape index (κ3) is 33.4. The minimum atomic E-state index is -4.92. The van der Waals surface area contributed by atoms with Crippen molar-refractivity contribution in [2.45, 2.75) is 52.4 Å². The van der Waals surface area contributed by atoms with Crippen molar-refractivity contribution in [2.24, 2.45) is 0 Å². The Morgan fingerprint density at radius 2 is 0.439 bits per heavy atom. The van der Waals surface area contributed by atoms with Gasteiger partial charge in [-0.2, -0.15) is 52.7 Å². The summed E-state index contributed by atoms with van der Waals surface area (Å²) < 4.78 is 135. The van der Waals surface area contributed by atoms with Gasteiger partial charge in [0.05, 0.1) is 0 Å². The summed E-state index contributed by atoms with van der Waals surface area (Å²) in [6, 6.07) is 0. The van der Waals surface area contributed by atoms with E-state index in [4.69, 9.17) is 0 Å². The molecule has 0 aliphatic heterocycles. The van der Waals surface area contributed by atoms with Gasteiger partial charge in [-0.15, -0.1) is 0 Å². The molecule has 21 heteroatoms. The number of carbonyl (C=O) groups is 8. The minimum absolute atomic E-state index is 0. The van der Waals surface area contributed by atoms with Crippen LogP contribution >= 0.6 is 0 Å². The first-order valence-electron chi connectivity index (χ1n) is 9.21. The molecule has 0 rings (SSSR count). The smallest absolute Gasteiger partial charge is 0.334 e. The summed E-state index contributed by atoms with van der Waals surface area (Å²) in [5, 5.41) is 0. The van der Waals surface area contributed by atoms with Crippen LogP contribution in [0.3, 0.4) is 0 Å². The molecule has 0 aromatic carbocycles. The first-order valence-corrected chi connectivity index (χ1v) is 9.21. The molecule has 0 saturated heterocycles. The Morgan fingerprint density at radius 3 is 0.463 bits per heavy atom. The Labute approximate surface area is 254 Å². The van der Waals surface area contributed by atoms with Crippen molar-refractivity contribution < 1.29 is 131 Å². The van der Waals surface area contributed by atoms with Gasteiger partial charge < -0.3 is 38.4 Å². The van der Waals surface area contributed by atoms with Crippen LogP contribution in [0.4, 0.5) is 52.7 Å². The van der Waals surface area contributed by atoms with Crippen LogP contribution in [0.25, 0.3) is 0 Å². The Hall–Kier alpha value is -2.68. The van der Waals surface area contributed by atoms with Gasteiger partial charge in [-0.05, 0) is 27.7 Å². The van der Waals surface area contributed by atoms with E-state index in [9.17, 15) is 91.0 Å². The molecule has 0 aromatic heterocycles. The topological polar surface area (TPSA) is 137 Å². The number of hydrogen-bond acceptors (Lipinski definition) is 8. The van der Waals surface area contributed by atoms with Crippen molar-refractivity contribution in [1.29, 1.82) is 0 Å². The normalized spacial score (nSPS) is 10.5. The summed E-state index contributed by atoms with van der Waals surface area (Å²) in [5.74, 6) is -12.0. The Balaban J connectivity index is -0.000000139. The Bertz CT molecular complexity index is 794. The molecule has 0 heterocycles. The van der Waals surface area contributed by atoms with E-state index < -0.39 is 71.0 Å². The van der Waals surface area contributed by atoms with Crippen molar-refractivity contribution in [3.63, 3.8) is 0 Å². The third-order valence-corrected chi connectivity index (χ3v) is 2.45. The van der Waals surface area contributed by atoms with Gasteiger partial charge in [-0.25, -0.2) is 0 Å². The second-order valence-corrected chi connectivity index (χ2v) is 6.47. The van der Waals surface area contributed by atoms with Crippen LogP contribution in [0.1, 0.15) is 27.7 Å². The van der Waals surface area contributed by atoms with E-state index in [0.717, 1.165) is 27.7 Å². The van der Waals surface area contributed by atoms with Crippen LogP contribution in [0.5, 0.6) is 0 Å². The monoisotopic (exact) mass is 844 g/mol. The fourth-order valence-corrected chi connectivity index (χ4v) is 1.07. The van der Waals surface area contributed by atoms with Crippen molar-refractivity contribution in [2.75, 3.05) is 0 Å². The number of Topliss-reactive ketones (excluding diaryl/α,β-unsaturated/α-hetero) is 8. The second kappa shape index (κ2) is 20.2. The van der Waals surface area contributed by atoms with Crippen molar-refractivity contribution in [3.05, 3.63) is 25.7 Å². The molecule has 41 heavy (non-hydrogen) atoms. The van der Waals surface area contributed by atoms with E-state index >= 15 is 0 Å². The quantitative estimate of drug-likeness (QED) is 0.206. The molecule has 232 valence electrons. The van der Waals surface area contributed by atoms with Crippen molar-refractivity contribution >= 4 is 46.3 Å². The molecule has 0 aliphatic carbocycles. The standard InChI is InChI=1S/4C5H4F3O2.Th/c4*1-3(9)2-4(10)5(6,7)8;/h4*2H,1H3;/q4*-1;+4. The van der Waals surface area contributed by atoms with Crippen LogP contribution in [0.15, 0.2) is 0 Å². The summed E-state index contributed by atoms with van der Waals surface area (Å²) in [6.45, 7) is 3.51. The van der Waals surface area contributed by atoms with Gasteiger partial charge in [0.2, 0.25) is 0 Å². The van der Waals surface area contributed by atoms with E-state index in [1.54, 1.807) is 0 Å². The molecule has 0 fully saturated rings. The van der Waals surface area contributed by atoms with E-state index in [0.29, 0.717) is 0 Å². The summed E-state index contributed by atoms with van der Waals surface area (Å²) >= 11 is 0. The Morgan fingerprint density at radius 1 is 0.341 bits per heavy atom. The maximum atomic E-state index is 11.3. The molecule has 0 aromatic rings. The van der Waals surface area contributed by atoms with Gasteiger partial charge in [0.15, 0.2) is 0 Å². The first kappa shape index (κ1) is 48.1. The summed E-state index contributed by atoms with van der Waals surface area (Å²) in [5.41, 5.74) is 0. The predicted octanol–water partition coefficient (Wildman–Crippen LogP) is 3.64. The number of alkyl halides is 12. The zero-order valence-corrected chi connectivity index (χ0v) is 24.7. The molecule has 0 spiro atoms. The maximum absolute atomic E-state index is 11.3. The van der Waals surface area contributed by atoms with Crippen LogP contribution < -0.4 is 0 Å². The van der Waals surface area contributed by atoms with Crippen molar-refractivity contribution in [1.82, 2.24) is 0 Å². The van der Waals surface area contributed by atoms with Gasteiger partial charge >= 0.3 is 64.6 Å². The van der Waals surface area contributed by atoms with Crippen LogP contribution in [-0.2, 0) is 38.4 Å². The SMILES string of the molecule is CC(=O)[CH-]C(=O)C(F)(F)F.CC(=O)[CH-]C(=O)C(F)(F)F.CC(=O)[CH-]C(=O)C(F)(F)F.CC(=O)[CH-]C(=O)C(F)(F)F.[Th+4]. The Kier molecular flexibility index (Phi) is 23.7. The maximum Gasteiger partial charge on any atom is 4.00 e. The fraction of sp³-hybridized carbons (Fsp3) is 0.400. The molecule has 0 saturated carbocycles. The zero-order valence-electron chi connectivity index (χ0n) is 20.6. The molecular formula is C20H16F12O8Th. The molecule has 0 radical (unpaired) electrons. The average Bonchev–Trinajstić information content (AvgIpc) is 2.64. The molecule has 0 bridgehead atoms. The zero-order chi connectivity index (χ0) is 33.4. The minimum Gasteiger partial charge on any atom is -0.334 e. The number of carbonyl (C=O) groups excluding carboxylic acids is 8. The largest absolute Gasteiger partial charge is 4.00 e. The van der Waals surface area contributed by atoms with E-state index in [2.05, 4.69) is 0 Å². The molecule has 0 amide bonds. The van der Waals surface area contributed by atoms with Gasteiger partial charge in [-0.3, -0.25) is 25.7 Å². The van der Waals surface area contributed by atoms with Gasteiger partial charge in [0.25, 0.3) is 0 Å². The number of ketones is 8. The van der Waals surface area contributed by atoms with Gasteiger partial charge in [0, 0.05) is 23.1 Å².